The molecule has 1 fully saturated rings. The van der Waals surface area contributed by atoms with Crippen LogP contribution in [0.25, 0.3) is 0 Å². The van der Waals surface area contributed by atoms with Crippen LogP contribution >= 0.6 is 0 Å². The highest BCUT2D eigenvalue weighted by Crippen LogP contribution is 2.35. The Kier molecular flexibility index (Phi) is 4.36. The summed E-state index contributed by atoms with van der Waals surface area (Å²) in [6.07, 6.45) is 0.142. The van der Waals surface area contributed by atoms with Crippen molar-refractivity contribution in [1.29, 1.82) is 0 Å². The topological polar surface area (TPSA) is 35.5 Å². The van der Waals surface area contributed by atoms with Gasteiger partial charge in [-0.1, -0.05) is 27.7 Å². The summed E-state index contributed by atoms with van der Waals surface area (Å²) < 4.78 is 11.4. The van der Waals surface area contributed by atoms with Crippen LogP contribution < -0.4 is 0 Å². The van der Waals surface area contributed by atoms with E-state index in [2.05, 4.69) is 34.6 Å². The first-order valence-corrected chi connectivity index (χ1v) is 6.17. The molecule has 0 radical (unpaired) electrons. The highest BCUT2D eigenvalue weighted by Gasteiger charge is 2.42. The average molecular weight is 228 g/mol. The van der Waals surface area contributed by atoms with Gasteiger partial charge in [-0.2, -0.15) is 0 Å². The van der Waals surface area contributed by atoms with E-state index in [9.17, 15) is 4.79 Å². The van der Waals surface area contributed by atoms with E-state index in [1.807, 2.05) is 0 Å². The predicted octanol–water partition coefficient (Wildman–Crippen LogP) is 2.63. The normalized spacial score (nSPS) is 39.8. The molecule has 1 rings (SSSR count). The summed E-state index contributed by atoms with van der Waals surface area (Å²) in [6, 6.07) is 0. The van der Waals surface area contributed by atoms with Gasteiger partial charge in [-0.15, -0.1) is 0 Å². The Morgan fingerprint density at radius 1 is 1.19 bits per heavy atom. The summed E-state index contributed by atoms with van der Waals surface area (Å²) in [5, 5.41) is 0. The highest BCUT2D eigenvalue weighted by molar-refractivity contribution is 5.66. The van der Waals surface area contributed by atoms with Gasteiger partial charge >= 0.3 is 5.97 Å². The first kappa shape index (κ1) is 13.5. The fraction of sp³-hybridized carbons (Fsp3) is 0.923. The van der Waals surface area contributed by atoms with Gasteiger partial charge in [0.1, 0.15) is 6.10 Å². The molecule has 0 aromatic carbocycles. The molecule has 1 saturated heterocycles. The molecule has 0 bridgehead atoms. The second-order valence-corrected chi connectivity index (χ2v) is 5.34. The lowest BCUT2D eigenvalue weighted by atomic mass is 9.79. The fourth-order valence-corrected chi connectivity index (χ4v) is 2.38. The number of rotatable bonds is 2. The van der Waals surface area contributed by atoms with E-state index in [1.165, 1.54) is 6.92 Å². The van der Waals surface area contributed by atoms with Crippen molar-refractivity contribution in [3.8, 4) is 0 Å². The summed E-state index contributed by atoms with van der Waals surface area (Å²) in [7, 11) is 0. The third kappa shape index (κ3) is 2.76. The fourth-order valence-electron chi connectivity index (χ4n) is 2.38. The summed E-state index contributed by atoms with van der Waals surface area (Å²) in [5.41, 5.74) is 0. The molecule has 1 aliphatic heterocycles. The molecule has 0 amide bonds. The van der Waals surface area contributed by atoms with E-state index in [4.69, 9.17) is 9.47 Å². The van der Waals surface area contributed by atoms with Crippen molar-refractivity contribution < 1.29 is 14.3 Å². The third-order valence-electron chi connectivity index (χ3n) is 3.74. The van der Waals surface area contributed by atoms with Gasteiger partial charge in [0, 0.05) is 12.8 Å². The molecule has 0 aromatic rings. The van der Waals surface area contributed by atoms with E-state index in [0.717, 1.165) is 0 Å². The van der Waals surface area contributed by atoms with Crippen LogP contribution in [0.5, 0.6) is 0 Å². The molecule has 0 unspecified atom stereocenters. The molecule has 0 spiro atoms. The van der Waals surface area contributed by atoms with Crippen molar-refractivity contribution in [2.24, 2.45) is 17.8 Å². The Labute approximate surface area is 98.5 Å². The first-order chi connectivity index (χ1) is 7.34. The molecule has 0 N–H and O–H groups in total. The highest BCUT2D eigenvalue weighted by atomic mass is 16.6. The molecule has 0 aliphatic carbocycles. The van der Waals surface area contributed by atoms with Gasteiger partial charge in [-0.25, -0.2) is 0 Å². The SMILES string of the molecule is CC(=O)O[C@@H]1[C@@H](C)[C@H](C)[C@@H](C)O[C@H]1C(C)C. The lowest BCUT2D eigenvalue weighted by Gasteiger charge is -2.44. The monoisotopic (exact) mass is 228 g/mol. The van der Waals surface area contributed by atoms with Gasteiger partial charge in [0.15, 0.2) is 0 Å². The van der Waals surface area contributed by atoms with E-state index in [-0.39, 0.29) is 24.3 Å². The van der Waals surface area contributed by atoms with E-state index >= 15 is 0 Å². The van der Waals surface area contributed by atoms with Crippen LogP contribution in [-0.2, 0) is 14.3 Å². The molecular weight excluding hydrogens is 204 g/mol. The molecule has 3 nitrogen and oxygen atoms in total. The maximum Gasteiger partial charge on any atom is 0.303 e. The van der Waals surface area contributed by atoms with Gasteiger partial charge < -0.3 is 9.47 Å². The number of esters is 1. The van der Waals surface area contributed by atoms with E-state index in [1.54, 1.807) is 0 Å². The molecule has 16 heavy (non-hydrogen) atoms. The van der Waals surface area contributed by atoms with Crippen LogP contribution in [0.15, 0.2) is 0 Å². The molecule has 1 heterocycles. The maximum absolute atomic E-state index is 11.1. The number of hydrogen-bond acceptors (Lipinski definition) is 3. The van der Waals surface area contributed by atoms with Crippen LogP contribution in [0.2, 0.25) is 0 Å². The maximum atomic E-state index is 11.1. The molecular formula is C13H24O3. The number of carbonyl (C=O) groups is 1. The van der Waals surface area contributed by atoms with Crippen molar-refractivity contribution in [2.45, 2.75) is 59.9 Å². The van der Waals surface area contributed by atoms with Crippen LogP contribution in [0.1, 0.15) is 41.5 Å². The molecule has 0 saturated carbocycles. The molecule has 5 atom stereocenters. The second-order valence-electron chi connectivity index (χ2n) is 5.34. The summed E-state index contributed by atoms with van der Waals surface area (Å²) >= 11 is 0. The minimum Gasteiger partial charge on any atom is -0.459 e. The Morgan fingerprint density at radius 3 is 2.19 bits per heavy atom. The largest absolute Gasteiger partial charge is 0.459 e. The third-order valence-corrected chi connectivity index (χ3v) is 3.74. The van der Waals surface area contributed by atoms with E-state index < -0.39 is 0 Å². The van der Waals surface area contributed by atoms with E-state index in [0.29, 0.717) is 17.8 Å². The molecule has 3 heteroatoms. The van der Waals surface area contributed by atoms with Crippen LogP contribution in [-0.4, -0.2) is 24.3 Å². The van der Waals surface area contributed by atoms with Gasteiger partial charge in [0.25, 0.3) is 0 Å². The van der Waals surface area contributed by atoms with Crippen LogP contribution in [0, 0.1) is 17.8 Å². The van der Waals surface area contributed by atoms with Gasteiger partial charge in [0.05, 0.1) is 12.2 Å². The zero-order chi connectivity index (χ0) is 12.5. The van der Waals surface area contributed by atoms with Crippen molar-refractivity contribution >= 4 is 5.97 Å². The molecule has 94 valence electrons. The summed E-state index contributed by atoms with van der Waals surface area (Å²) in [4.78, 5) is 11.1. The Bertz CT molecular complexity index is 250. The summed E-state index contributed by atoms with van der Waals surface area (Å²) in [5.74, 6) is 0.911. The standard InChI is InChI=1S/C13H24O3/c1-7(2)12-13(16-11(6)14)9(4)8(3)10(5)15-12/h7-10,12-13H,1-6H3/t8-,9-,10+,12-,13+/m0/s1. The number of carbonyl (C=O) groups excluding carboxylic acids is 1. The average Bonchev–Trinajstić information content (AvgIpc) is 2.17. The van der Waals surface area contributed by atoms with Crippen molar-refractivity contribution in [3.05, 3.63) is 0 Å². The van der Waals surface area contributed by atoms with Gasteiger partial charge in [-0.3, -0.25) is 4.79 Å². The van der Waals surface area contributed by atoms with Crippen LogP contribution in [0.4, 0.5) is 0 Å². The lowest BCUT2D eigenvalue weighted by molar-refractivity contribution is -0.200. The minimum atomic E-state index is -0.215. The lowest BCUT2D eigenvalue weighted by Crippen LogP contribution is -2.52. The molecule has 0 aromatic heterocycles. The Morgan fingerprint density at radius 2 is 1.75 bits per heavy atom. The Hall–Kier alpha value is -0.570. The quantitative estimate of drug-likeness (QED) is 0.682. The first-order valence-electron chi connectivity index (χ1n) is 6.17. The smallest absolute Gasteiger partial charge is 0.303 e. The Balaban J connectivity index is 2.84. The zero-order valence-electron chi connectivity index (χ0n) is 11.2. The van der Waals surface area contributed by atoms with Crippen LogP contribution in [0.3, 0.4) is 0 Å². The second kappa shape index (κ2) is 5.17. The minimum absolute atomic E-state index is 0.0186. The van der Waals surface area contributed by atoms with Crippen molar-refractivity contribution in [3.63, 3.8) is 0 Å². The number of ether oxygens (including phenoxy) is 2. The summed E-state index contributed by atoms with van der Waals surface area (Å²) in [6.45, 7) is 12.1. The van der Waals surface area contributed by atoms with Crippen molar-refractivity contribution in [2.75, 3.05) is 0 Å². The molecule has 1 aliphatic rings. The van der Waals surface area contributed by atoms with Gasteiger partial charge in [0.2, 0.25) is 0 Å². The van der Waals surface area contributed by atoms with Crippen molar-refractivity contribution in [1.82, 2.24) is 0 Å². The predicted molar refractivity (Wildman–Crippen MR) is 63.1 cm³/mol. The van der Waals surface area contributed by atoms with Gasteiger partial charge in [-0.05, 0) is 18.8 Å². The zero-order valence-corrected chi connectivity index (χ0v) is 11.2. The number of hydrogen-bond donors (Lipinski definition) is 0.